The summed E-state index contributed by atoms with van der Waals surface area (Å²) in [4.78, 5) is 11.2. The number of carbonyl (C=O) groups is 1. The number of hydrogen-bond donors (Lipinski definition) is 0. The lowest BCUT2D eigenvalue weighted by molar-refractivity contribution is -0.116. The number of halogens is 2. The van der Waals surface area contributed by atoms with Gasteiger partial charge in [-0.3, -0.25) is 4.79 Å². The zero-order valence-corrected chi connectivity index (χ0v) is 10.9. The van der Waals surface area contributed by atoms with E-state index in [1.165, 1.54) is 9.13 Å². The minimum Gasteiger partial charge on any atom is -0.298 e. The van der Waals surface area contributed by atoms with Gasteiger partial charge in [0.2, 0.25) is 0 Å². The van der Waals surface area contributed by atoms with Gasteiger partial charge >= 0.3 is 0 Å². The molecule has 0 aliphatic heterocycles. The Morgan fingerprint density at radius 2 is 2.00 bits per heavy atom. The molecule has 0 saturated heterocycles. The fourth-order valence-electron chi connectivity index (χ4n) is 1.30. The summed E-state index contributed by atoms with van der Waals surface area (Å²) >= 11 is 7.73. The van der Waals surface area contributed by atoms with Gasteiger partial charge in [-0.15, -0.1) is 11.6 Å². The zero-order valence-electron chi connectivity index (χ0n) is 8.02. The van der Waals surface area contributed by atoms with Crippen LogP contribution in [0, 0.1) is 3.57 Å². The molecule has 1 aromatic rings. The number of aryl methyl sites for hydroxylation is 1. The highest BCUT2D eigenvalue weighted by molar-refractivity contribution is 14.1. The molecule has 0 spiro atoms. The maximum atomic E-state index is 11.2. The summed E-state index contributed by atoms with van der Waals surface area (Å²) in [7, 11) is 0. The third-order valence-corrected chi connectivity index (χ3v) is 2.90. The molecule has 0 bridgehead atoms. The van der Waals surface area contributed by atoms with Gasteiger partial charge in [-0.25, -0.2) is 0 Å². The van der Waals surface area contributed by atoms with Crippen LogP contribution in [0.1, 0.15) is 18.1 Å². The van der Waals surface area contributed by atoms with E-state index in [-0.39, 0.29) is 11.7 Å². The summed E-state index contributed by atoms with van der Waals surface area (Å²) in [5.41, 5.74) is 2.34. The molecular formula is C11H12ClIO. The van der Waals surface area contributed by atoms with E-state index >= 15 is 0 Å². The van der Waals surface area contributed by atoms with Crippen molar-refractivity contribution in [3.8, 4) is 0 Å². The maximum Gasteiger partial charge on any atom is 0.151 e. The number of benzene rings is 1. The smallest absolute Gasteiger partial charge is 0.151 e. The minimum atomic E-state index is 0.0794. The second-order valence-electron chi connectivity index (χ2n) is 3.17. The van der Waals surface area contributed by atoms with Crippen LogP contribution in [0.5, 0.6) is 0 Å². The molecule has 14 heavy (non-hydrogen) atoms. The van der Waals surface area contributed by atoms with Crippen molar-refractivity contribution in [3.05, 3.63) is 32.9 Å². The van der Waals surface area contributed by atoms with E-state index in [0.29, 0.717) is 6.42 Å². The Kier molecular flexibility index (Phi) is 4.89. The van der Waals surface area contributed by atoms with Crippen molar-refractivity contribution in [3.63, 3.8) is 0 Å². The fourth-order valence-corrected chi connectivity index (χ4v) is 2.19. The first-order chi connectivity index (χ1) is 6.65. The first-order valence-corrected chi connectivity index (χ1v) is 6.13. The maximum absolute atomic E-state index is 11.2. The van der Waals surface area contributed by atoms with Crippen molar-refractivity contribution in [1.82, 2.24) is 0 Å². The Hall–Kier alpha value is -0.0900. The van der Waals surface area contributed by atoms with Crippen LogP contribution in [0.15, 0.2) is 18.2 Å². The molecule has 0 aliphatic rings. The highest BCUT2D eigenvalue weighted by Crippen LogP contribution is 2.14. The molecule has 0 unspecified atom stereocenters. The number of carbonyl (C=O) groups excluding carboxylic acids is 1. The summed E-state index contributed by atoms with van der Waals surface area (Å²) in [6.07, 6.45) is 1.45. The lowest BCUT2D eigenvalue weighted by atomic mass is 10.1. The number of Topliss-reactive ketones (excluding diaryl/α,β-unsaturated/α-hetero) is 1. The molecular weight excluding hydrogens is 310 g/mol. The quantitative estimate of drug-likeness (QED) is 0.614. The summed E-state index contributed by atoms with van der Waals surface area (Å²) < 4.78 is 1.18. The minimum absolute atomic E-state index is 0.0794. The highest BCUT2D eigenvalue weighted by Gasteiger charge is 2.03. The van der Waals surface area contributed by atoms with Crippen molar-refractivity contribution in [2.24, 2.45) is 0 Å². The standard InChI is InChI=1S/C11H12ClIO/c1-2-8-3-9(5-10(13)4-8)6-11(14)7-12/h3-5H,2,6-7H2,1H3. The first kappa shape index (κ1) is 12.0. The molecule has 0 N–H and O–H groups in total. The summed E-state index contributed by atoms with van der Waals surface area (Å²) in [5, 5.41) is 0. The molecule has 0 amide bonds. The molecule has 0 aromatic heterocycles. The first-order valence-electron chi connectivity index (χ1n) is 4.51. The van der Waals surface area contributed by atoms with E-state index in [1.807, 2.05) is 6.07 Å². The van der Waals surface area contributed by atoms with E-state index in [0.717, 1.165) is 12.0 Å². The van der Waals surface area contributed by atoms with Gasteiger partial charge in [0, 0.05) is 9.99 Å². The zero-order chi connectivity index (χ0) is 10.6. The Labute approximate surface area is 103 Å². The average Bonchev–Trinajstić information content (AvgIpc) is 2.16. The number of alkyl halides is 1. The highest BCUT2D eigenvalue weighted by atomic mass is 127. The Bertz CT molecular complexity index is 336. The SMILES string of the molecule is CCc1cc(I)cc(CC(=O)CCl)c1. The van der Waals surface area contributed by atoms with Crippen LogP contribution in [0.25, 0.3) is 0 Å². The summed E-state index contributed by atoms with van der Waals surface area (Å²) in [5.74, 6) is 0.183. The molecule has 1 rings (SSSR count). The van der Waals surface area contributed by atoms with Crippen LogP contribution in [0.4, 0.5) is 0 Å². The fraction of sp³-hybridized carbons (Fsp3) is 0.364. The molecule has 1 nitrogen and oxygen atoms in total. The predicted molar refractivity (Wildman–Crippen MR) is 68.0 cm³/mol. The number of ketones is 1. The molecule has 0 fully saturated rings. The van der Waals surface area contributed by atoms with Crippen molar-refractivity contribution in [1.29, 1.82) is 0 Å². The van der Waals surface area contributed by atoms with Gasteiger partial charge in [0.25, 0.3) is 0 Å². The van der Waals surface area contributed by atoms with Crippen LogP contribution < -0.4 is 0 Å². The number of rotatable bonds is 4. The molecule has 0 saturated carbocycles. The van der Waals surface area contributed by atoms with Crippen LogP contribution in [0.2, 0.25) is 0 Å². The van der Waals surface area contributed by atoms with Crippen LogP contribution in [0.3, 0.4) is 0 Å². The molecule has 1 aromatic carbocycles. The largest absolute Gasteiger partial charge is 0.298 e. The Morgan fingerprint density at radius 3 is 2.57 bits per heavy atom. The molecule has 3 heteroatoms. The van der Waals surface area contributed by atoms with E-state index < -0.39 is 0 Å². The van der Waals surface area contributed by atoms with E-state index in [2.05, 4.69) is 41.6 Å². The lowest BCUT2D eigenvalue weighted by Gasteiger charge is -2.03. The van der Waals surface area contributed by atoms with Gasteiger partial charge in [-0.1, -0.05) is 13.0 Å². The summed E-state index contributed by atoms with van der Waals surface area (Å²) in [6, 6.07) is 6.24. The van der Waals surface area contributed by atoms with Crippen molar-refractivity contribution < 1.29 is 4.79 Å². The normalized spacial score (nSPS) is 10.2. The third-order valence-electron chi connectivity index (χ3n) is 1.98. The molecule has 0 heterocycles. The van der Waals surface area contributed by atoms with E-state index in [9.17, 15) is 4.79 Å². The average molecular weight is 323 g/mol. The van der Waals surface area contributed by atoms with Gasteiger partial charge in [0.05, 0.1) is 5.88 Å². The van der Waals surface area contributed by atoms with Crippen LogP contribution in [-0.2, 0) is 17.6 Å². The van der Waals surface area contributed by atoms with E-state index in [1.54, 1.807) is 0 Å². The van der Waals surface area contributed by atoms with Crippen molar-refractivity contribution >= 4 is 40.0 Å². The second kappa shape index (κ2) is 5.71. The van der Waals surface area contributed by atoms with E-state index in [4.69, 9.17) is 11.6 Å². The second-order valence-corrected chi connectivity index (χ2v) is 4.68. The van der Waals surface area contributed by atoms with Crippen molar-refractivity contribution in [2.75, 3.05) is 5.88 Å². The number of hydrogen-bond acceptors (Lipinski definition) is 1. The third kappa shape index (κ3) is 3.58. The predicted octanol–water partition coefficient (Wildman–Crippen LogP) is 3.20. The topological polar surface area (TPSA) is 17.1 Å². The van der Waals surface area contributed by atoms with Gasteiger partial charge in [0.15, 0.2) is 5.78 Å². The molecule has 0 aliphatic carbocycles. The molecule has 76 valence electrons. The van der Waals surface area contributed by atoms with Gasteiger partial charge < -0.3 is 0 Å². The molecule has 0 radical (unpaired) electrons. The lowest BCUT2D eigenvalue weighted by Crippen LogP contribution is -2.04. The molecule has 0 atom stereocenters. The van der Waals surface area contributed by atoms with Gasteiger partial charge in [-0.2, -0.15) is 0 Å². The van der Waals surface area contributed by atoms with Gasteiger partial charge in [0.1, 0.15) is 0 Å². The van der Waals surface area contributed by atoms with Gasteiger partial charge in [-0.05, 0) is 52.3 Å². The summed E-state index contributed by atoms with van der Waals surface area (Å²) in [6.45, 7) is 2.11. The van der Waals surface area contributed by atoms with Crippen LogP contribution >= 0.6 is 34.2 Å². The Balaban J connectivity index is 2.86. The van der Waals surface area contributed by atoms with Crippen molar-refractivity contribution in [2.45, 2.75) is 19.8 Å². The Morgan fingerprint density at radius 1 is 1.36 bits per heavy atom. The monoisotopic (exact) mass is 322 g/mol. The van der Waals surface area contributed by atoms with Crippen LogP contribution in [-0.4, -0.2) is 11.7 Å².